The lowest BCUT2D eigenvalue weighted by Gasteiger charge is -2.23. The normalized spacial score (nSPS) is 12.1. The number of aromatic nitrogens is 2. The van der Waals surface area contributed by atoms with Crippen molar-refractivity contribution in [3.8, 4) is 5.69 Å². The van der Waals surface area contributed by atoms with Gasteiger partial charge in [0.1, 0.15) is 0 Å². The predicted molar refractivity (Wildman–Crippen MR) is 94.5 cm³/mol. The number of hydrogen-bond donors (Lipinski definition) is 1. The Morgan fingerprint density at radius 1 is 1.28 bits per heavy atom. The van der Waals surface area contributed by atoms with Gasteiger partial charge in [-0.25, -0.2) is 9.48 Å². The van der Waals surface area contributed by atoms with E-state index < -0.39 is 18.0 Å². The van der Waals surface area contributed by atoms with Crippen molar-refractivity contribution in [3.63, 3.8) is 0 Å². The molecule has 1 aromatic heterocycles. The molecule has 0 saturated carbocycles. The van der Waals surface area contributed by atoms with Gasteiger partial charge in [-0.3, -0.25) is 15.0 Å². The Bertz CT molecular complexity index is 755. The van der Waals surface area contributed by atoms with Gasteiger partial charge < -0.3 is 4.74 Å². The molecule has 0 aliphatic carbocycles. The summed E-state index contributed by atoms with van der Waals surface area (Å²) in [5, 5.41) is 6.81. The molecule has 0 aliphatic rings. The van der Waals surface area contributed by atoms with Crippen LogP contribution in [0, 0.1) is 13.8 Å². The van der Waals surface area contributed by atoms with Gasteiger partial charge >= 0.3 is 6.09 Å². The zero-order valence-electron chi connectivity index (χ0n) is 15.2. The third kappa shape index (κ3) is 4.24. The van der Waals surface area contributed by atoms with E-state index in [-0.39, 0.29) is 0 Å². The summed E-state index contributed by atoms with van der Waals surface area (Å²) in [6.07, 6.45) is -0.755. The van der Waals surface area contributed by atoms with Crippen molar-refractivity contribution in [3.05, 3.63) is 47.3 Å². The molecular formula is C18H24N4O3. The van der Waals surface area contributed by atoms with E-state index in [0.717, 1.165) is 22.6 Å². The number of benzene rings is 1. The van der Waals surface area contributed by atoms with Crippen molar-refractivity contribution >= 4 is 12.0 Å². The molecule has 2 aromatic rings. The topological polar surface area (TPSA) is 76.5 Å². The van der Waals surface area contributed by atoms with Crippen LogP contribution in [0.4, 0.5) is 4.79 Å². The van der Waals surface area contributed by atoms with Crippen LogP contribution in [0.5, 0.6) is 0 Å². The number of methoxy groups -OCH3 is 1. The van der Waals surface area contributed by atoms with Crippen molar-refractivity contribution < 1.29 is 14.3 Å². The molecule has 1 aromatic carbocycles. The molecule has 0 saturated heterocycles. The summed E-state index contributed by atoms with van der Waals surface area (Å²) in [6.45, 7) is 6.25. The minimum atomic E-state index is -0.755. The summed E-state index contributed by atoms with van der Waals surface area (Å²) in [7, 11) is 3.06. The Balaban J connectivity index is 2.16. The average molecular weight is 344 g/mol. The summed E-state index contributed by atoms with van der Waals surface area (Å²) >= 11 is 0. The minimum Gasteiger partial charge on any atom is -0.453 e. The number of aryl methyl sites for hydroxylation is 1. The number of rotatable bonds is 5. The van der Waals surface area contributed by atoms with Crippen LogP contribution in [0.3, 0.4) is 0 Å². The Hall–Kier alpha value is -2.67. The van der Waals surface area contributed by atoms with Crippen LogP contribution in [0.15, 0.2) is 30.3 Å². The van der Waals surface area contributed by atoms with Gasteiger partial charge in [-0.15, -0.1) is 0 Å². The number of carbonyl (C=O) groups excluding carboxylic acids is 2. The van der Waals surface area contributed by atoms with Crippen LogP contribution >= 0.6 is 0 Å². The van der Waals surface area contributed by atoms with E-state index >= 15 is 0 Å². The van der Waals surface area contributed by atoms with Crippen molar-refractivity contribution in [1.82, 2.24) is 20.0 Å². The molecule has 1 atom stereocenters. The molecule has 0 fully saturated rings. The van der Waals surface area contributed by atoms with E-state index in [1.807, 2.05) is 60.8 Å². The van der Waals surface area contributed by atoms with Gasteiger partial charge in [0, 0.05) is 17.8 Å². The zero-order chi connectivity index (χ0) is 18.6. The van der Waals surface area contributed by atoms with Gasteiger partial charge in [-0.1, -0.05) is 18.2 Å². The second kappa shape index (κ2) is 7.94. The SMILES string of the molecule is COC(=O)NC(=O)[C@@H](C)N(C)Cc1c(C)nn(-c2ccccc2)c1C. The number of hydrogen-bond acceptors (Lipinski definition) is 5. The van der Waals surface area contributed by atoms with Crippen molar-refractivity contribution in [2.24, 2.45) is 0 Å². The van der Waals surface area contributed by atoms with E-state index in [1.165, 1.54) is 7.11 Å². The lowest BCUT2D eigenvalue weighted by Crippen LogP contribution is -2.45. The minimum absolute atomic E-state index is 0.403. The van der Waals surface area contributed by atoms with Crippen LogP contribution in [0.25, 0.3) is 5.69 Å². The fraction of sp³-hybridized carbons (Fsp3) is 0.389. The Morgan fingerprint density at radius 3 is 2.52 bits per heavy atom. The molecular weight excluding hydrogens is 320 g/mol. The van der Waals surface area contributed by atoms with E-state index in [0.29, 0.717) is 6.54 Å². The van der Waals surface area contributed by atoms with Crippen LogP contribution < -0.4 is 5.32 Å². The second-order valence-electron chi connectivity index (χ2n) is 5.97. The van der Waals surface area contributed by atoms with Gasteiger partial charge in [0.2, 0.25) is 5.91 Å². The maximum Gasteiger partial charge on any atom is 0.413 e. The maximum absolute atomic E-state index is 12.1. The standard InChI is InChI=1S/C18H24N4O3/c1-12-16(11-21(4)14(3)17(23)19-18(24)25-5)13(2)22(20-12)15-9-7-6-8-10-15/h6-10,14H,11H2,1-5H3,(H,19,23,24)/t14-/m1/s1. The van der Waals surface area contributed by atoms with Gasteiger partial charge in [0.05, 0.1) is 24.5 Å². The molecule has 1 heterocycles. The molecule has 0 radical (unpaired) electrons. The van der Waals surface area contributed by atoms with Crippen molar-refractivity contribution in [2.75, 3.05) is 14.2 Å². The first-order valence-electron chi connectivity index (χ1n) is 8.04. The number of carbonyl (C=O) groups is 2. The largest absolute Gasteiger partial charge is 0.453 e. The van der Waals surface area contributed by atoms with Crippen LogP contribution in [-0.2, 0) is 16.1 Å². The van der Waals surface area contributed by atoms with Crippen LogP contribution in [-0.4, -0.2) is 46.9 Å². The number of para-hydroxylation sites is 1. The molecule has 134 valence electrons. The molecule has 7 nitrogen and oxygen atoms in total. The van der Waals surface area contributed by atoms with Gasteiger partial charge in [-0.05, 0) is 40.0 Å². The zero-order valence-corrected chi connectivity index (χ0v) is 15.2. The third-order valence-corrected chi connectivity index (χ3v) is 4.30. The third-order valence-electron chi connectivity index (χ3n) is 4.30. The van der Waals surface area contributed by atoms with Crippen LogP contribution in [0.2, 0.25) is 0 Å². The number of likely N-dealkylation sites (N-methyl/N-ethyl adjacent to an activating group) is 1. The average Bonchev–Trinajstić information content (AvgIpc) is 2.89. The molecule has 0 bridgehead atoms. The number of alkyl carbamates (subject to hydrolysis) is 1. The predicted octanol–water partition coefficient (Wildman–Crippen LogP) is 2.19. The molecule has 2 rings (SSSR count). The molecule has 25 heavy (non-hydrogen) atoms. The lowest BCUT2D eigenvalue weighted by atomic mass is 10.1. The van der Waals surface area contributed by atoms with E-state index in [1.54, 1.807) is 6.92 Å². The first kappa shape index (κ1) is 18.7. The second-order valence-corrected chi connectivity index (χ2v) is 5.97. The number of nitrogens with zero attached hydrogens (tertiary/aromatic N) is 3. The summed E-state index contributed by atoms with van der Waals surface area (Å²) in [5.74, 6) is -0.403. The number of ether oxygens (including phenoxy) is 1. The molecule has 0 aliphatic heterocycles. The van der Waals surface area contributed by atoms with Crippen molar-refractivity contribution in [2.45, 2.75) is 33.4 Å². The highest BCUT2D eigenvalue weighted by Gasteiger charge is 2.23. The smallest absolute Gasteiger partial charge is 0.413 e. The van der Waals surface area contributed by atoms with Gasteiger partial charge in [-0.2, -0.15) is 5.10 Å². The summed E-state index contributed by atoms with van der Waals surface area (Å²) in [5.41, 5.74) is 3.99. The Labute approximate surface area is 147 Å². The monoisotopic (exact) mass is 344 g/mol. The number of nitrogens with one attached hydrogen (secondary N) is 1. The van der Waals surface area contributed by atoms with E-state index in [9.17, 15) is 9.59 Å². The fourth-order valence-corrected chi connectivity index (χ4v) is 2.57. The van der Waals surface area contributed by atoms with Gasteiger partial charge in [0.15, 0.2) is 0 Å². The lowest BCUT2D eigenvalue weighted by molar-refractivity contribution is -0.124. The highest BCUT2D eigenvalue weighted by Crippen LogP contribution is 2.19. The molecule has 2 amide bonds. The Kier molecular flexibility index (Phi) is 5.93. The molecule has 0 spiro atoms. The summed E-state index contributed by atoms with van der Waals surface area (Å²) in [6, 6.07) is 9.41. The highest BCUT2D eigenvalue weighted by atomic mass is 16.5. The number of amides is 2. The molecule has 1 N–H and O–H groups in total. The van der Waals surface area contributed by atoms with Crippen molar-refractivity contribution in [1.29, 1.82) is 0 Å². The van der Waals surface area contributed by atoms with E-state index in [4.69, 9.17) is 0 Å². The van der Waals surface area contributed by atoms with Gasteiger partial charge in [0.25, 0.3) is 0 Å². The first-order chi connectivity index (χ1) is 11.8. The first-order valence-corrected chi connectivity index (χ1v) is 8.04. The quantitative estimate of drug-likeness (QED) is 0.900. The highest BCUT2D eigenvalue weighted by molar-refractivity contribution is 5.94. The molecule has 0 unspecified atom stereocenters. The van der Waals surface area contributed by atoms with E-state index in [2.05, 4.69) is 15.2 Å². The van der Waals surface area contributed by atoms with Crippen LogP contribution in [0.1, 0.15) is 23.9 Å². The summed E-state index contributed by atoms with van der Waals surface area (Å²) in [4.78, 5) is 25.1. The fourth-order valence-electron chi connectivity index (χ4n) is 2.57. The number of imide groups is 1. The Morgan fingerprint density at radius 2 is 1.92 bits per heavy atom. The maximum atomic E-state index is 12.1. The molecule has 7 heteroatoms. The summed E-state index contributed by atoms with van der Waals surface area (Å²) < 4.78 is 6.36.